The first kappa shape index (κ1) is 23.0. The molecule has 0 aliphatic rings. The van der Waals surface area contributed by atoms with Crippen LogP contribution in [0.3, 0.4) is 0 Å². The maximum Gasteiger partial charge on any atom is 0.252 e. The Morgan fingerprint density at radius 2 is 2.03 bits per heavy atom. The van der Waals surface area contributed by atoms with Crippen LogP contribution in [0.15, 0.2) is 51.9 Å². The number of primary amides is 1. The molecule has 0 unspecified atom stereocenters. The van der Waals surface area contributed by atoms with Crippen molar-refractivity contribution in [1.82, 2.24) is 4.68 Å². The summed E-state index contributed by atoms with van der Waals surface area (Å²) < 4.78 is 17.6. The molecule has 1 heterocycles. The summed E-state index contributed by atoms with van der Waals surface area (Å²) in [6, 6.07) is 10.1. The van der Waals surface area contributed by atoms with Crippen molar-refractivity contribution in [2.45, 2.75) is 0 Å². The molecule has 3 aromatic rings. The minimum absolute atomic E-state index is 0.0246. The van der Waals surface area contributed by atoms with E-state index in [-0.39, 0.29) is 11.3 Å². The molecule has 2 aromatic carbocycles. The Bertz CT molecular complexity index is 1200. The van der Waals surface area contributed by atoms with E-state index in [1.807, 2.05) is 17.5 Å². The highest BCUT2D eigenvalue weighted by molar-refractivity contribution is 7.07. The molecular formula is C22H24N4O5S. The van der Waals surface area contributed by atoms with E-state index in [1.54, 1.807) is 44.4 Å². The maximum absolute atomic E-state index is 11.7. The Morgan fingerprint density at radius 1 is 1.22 bits per heavy atom. The van der Waals surface area contributed by atoms with Crippen LogP contribution in [-0.2, 0) is 4.74 Å². The first-order valence-electron chi connectivity index (χ1n) is 9.58. The number of aromatic nitrogens is 1. The summed E-state index contributed by atoms with van der Waals surface area (Å²) in [6.45, 7) is 0.919. The van der Waals surface area contributed by atoms with Gasteiger partial charge in [-0.2, -0.15) is 5.10 Å². The van der Waals surface area contributed by atoms with Gasteiger partial charge in [-0.05, 0) is 30.3 Å². The third kappa shape index (κ3) is 4.98. The largest absolute Gasteiger partial charge is 0.507 e. The van der Waals surface area contributed by atoms with Crippen LogP contribution in [0, 0.1) is 0 Å². The van der Waals surface area contributed by atoms with E-state index >= 15 is 0 Å². The number of benzene rings is 2. The van der Waals surface area contributed by atoms with Gasteiger partial charge in [-0.3, -0.25) is 9.79 Å². The van der Waals surface area contributed by atoms with E-state index < -0.39 is 5.91 Å². The van der Waals surface area contributed by atoms with Gasteiger partial charge in [0.2, 0.25) is 4.80 Å². The van der Waals surface area contributed by atoms with Gasteiger partial charge in [0.15, 0.2) is 11.5 Å². The second-order valence-electron chi connectivity index (χ2n) is 6.51. The van der Waals surface area contributed by atoms with Gasteiger partial charge < -0.3 is 25.1 Å². The number of carbonyl (C=O) groups is 1. The fourth-order valence-corrected chi connectivity index (χ4v) is 3.84. The average molecular weight is 457 g/mol. The molecule has 0 saturated heterocycles. The number of ether oxygens (including phenoxy) is 3. The van der Waals surface area contributed by atoms with Crippen LogP contribution in [0.1, 0.15) is 15.9 Å². The van der Waals surface area contributed by atoms with Crippen LogP contribution in [0.2, 0.25) is 0 Å². The second kappa shape index (κ2) is 10.6. The zero-order valence-corrected chi connectivity index (χ0v) is 18.8. The Morgan fingerprint density at radius 3 is 2.72 bits per heavy atom. The molecule has 32 heavy (non-hydrogen) atoms. The van der Waals surface area contributed by atoms with Crippen LogP contribution in [0.5, 0.6) is 17.2 Å². The van der Waals surface area contributed by atoms with Gasteiger partial charge in [-0.1, -0.05) is 6.07 Å². The van der Waals surface area contributed by atoms with Crippen molar-refractivity contribution >= 4 is 23.5 Å². The lowest BCUT2D eigenvalue weighted by Gasteiger charge is -2.10. The molecule has 10 heteroatoms. The zero-order valence-electron chi connectivity index (χ0n) is 17.9. The van der Waals surface area contributed by atoms with Gasteiger partial charge in [-0.25, -0.2) is 4.68 Å². The molecule has 0 atom stereocenters. The molecule has 0 saturated carbocycles. The summed E-state index contributed by atoms with van der Waals surface area (Å²) in [4.78, 5) is 16.9. The summed E-state index contributed by atoms with van der Waals surface area (Å²) >= 11 is 1.39. The first-order chi connectivity index (χ1) is 15.5. The highest BCUT2D eigenvalue weighted by atomic mass is 32.1. The predicted octanol–water partition coefficient (Wildman–Crippen LogP) is 2.47. The number of amides is 1. The highest BCUT2D eigenvalue weighted by Gasteiger charge is 2.14. The summed E-state index contributed by atoms with van der Waals surface area (Å²) in [5, 5.41) is 16.4. The molecule has 0 aliphatic carbocycles. The van der Waals surface area contributed by atoms with Crippen molar-refractivity contribution in [3.8, 4) is 28.5 Å². The van der Waals surface area contributed by atoms with E-state index in [4.69, 9.17) is 19.9 Å². The lowest BCUT2D eigenvalue weighted by Crippen LogP contribution is -2.14. The lowest BCUT2D eigenvalue weighted by atomic mass is 10.1. The van der Waals surface area contributed by atoms with Crippen molar-refractivity contribution in [3.63, 3.8) is 0 Å². The number of nitrogens with two attached hydrogens (primary N) is 1. The topological polar surface area (TPSA) is 121 Å². The van der Waals surface area contributed by atoms with Crippen molar-refractivity contribution in [3.05, 3.63) is 57.7 Å². The minimum atomic E-state index is -0.722. The fourth-order valence-electron chi connectivity index (χ4n) is 2.98. The average Bonchev–Trinajstić information content (AvgIpc) is 3.20. The van der Waals surface area contributed by atoms with Gasteiger partial charge in [0.25, 0.3) is 5.91 Å². The minimum Gasteiger partial charge on any atom is -0.507 e. The summed E-state index contributed by atoms with van der Waals surface area (Å²) in [7, 11) is 4.74. The van der Waals surface area contributed by atoms with Crippen molar-refractivity contribution in [1.29, 1.82) is 0 Å². The van der Waals surface area contributed by atoms with Crippen LogP contribution in [-0.4, -0.2) is 56.4 Å². The smallest absolute Gasteiger partial charge is 0.252 e. The number of carbonyl (C=O) groups excluding carboxylic acids is 1. The molecule has 0 radical (unpaired) electrons. The van der Waals surface area contributed by atoms with Gasteiger partial charge in [0, 0.05) is 23.6 Å². The number of methoxy groups -OCH3 is 3. The third-order valence-corrected chi connectivity index (χ3v) is 5.39. The quantitative estimate of drug-likeness (QED) is 0.379. The number of para-hydroxylation sites is 1. The Kier molecular flexibility index (Phi) is 7.63. The molecule has 0 spiro atoms. The van der Waals surface area contributed by atoms with Crippen molar-refractivity contribution < 1.29 is 24.1 Å². The zero-order chi connectivity index (χ0) is 23.1. The van der Waals surface area contributed by atoms with Crippen LogP contribution >= 0.6 is 11.3 Å². The molecular weight excluding hydrogens is 432 g/mol. The standard InChI is InChI=1S/C22H24N4O5S/c1-29-10-9-24-22-26(25-12-15-5-4-6-19(30-2)20(15)31-3)17(13-32-22)14-7-8-18(27)16(11-14)21(23)28/h4-8,11-13,27H,9-10H2,1-3H3,(H2,23,28). The maximum atomic E-state index is 11.7. The van der Waals surface area contributed by atoms with E-state index in [9.17, 15) is 9.90 Å². The van der Waals surface area contributed by atoms with Gasteiger partial charge in [-0.15, -0.1) is 11.3 Å². The fraction of sp³-hybridized carbons (Fsp3) is 0.227. The van der Waals surface area contributed by atoms with E-state index in [0.29, 0.717) is 46.3 Å². The summed E-state index contributed by atoms with van der Waals surface area (Å²) in [5.74, 6) is 0.231. The van der Waals surface area contributed by atoms with E-state index in [0.717, 1.165) is 0 Å². The monoisotopic (exact) mass is 456 g/mol. The van der Waals surface area contributed by atoms with E-state index in [1.165, 1.54) is 23.5 Å². The number of nitrogens with zero attached hydrogens (tertiary/aromatic N) is 3. The van der Waals surface area contributed by atoms with Gasteiger partial charge >= 0.3 is 0 Å². The van der Waals surface area contributed by atoms with Crippen LogP contribution < -0.4 is 20.0 Å². The molecule has 0 fully saturated rings. The predicted molar refractivity (Wildman–Crippen MR) is 123 cm³/mol. The number of aromatic hydroxyl groups is 1. The first-order valence-corrected chi connectivity index (χ1v) is 10.5. The molecule has 1 aromatic heterocycles. The second-order valence-corrected chi connectivity index (χ2v) is 7.35. The number of rotatable bonds is 9. The summed E-state index contributed by atoms with van der Waals surface area (Å²) in [5.41, 5.74) is 7.45. The molecule has 168 valence electrons. The molecule has 0 aliphatic heterocycles. The molecule has 0 bridgehead atoms. The van der Waals surface area contributed by atoms with Gasteiger partial charge in [0.1, 0.15) is 5.75 Å². The molecule has 1 amide bonds. The van der Waals surface area contributed by atoms with Gasteiger partial charge in [0.05, 0.1) is 44.8 Å². The van der Waals surface area contributed by atoms with Crippen molar-refractivity contribution in [2.24, 2.45) is 15.8 Å². The third-order valence-electron chi connectivity index (χ3n) is 4.53. The van der Waals surface area contributed by atoms with Crippen LogP contribution in [0.4, 0.5) is 0 Å². The summed E-state index contributed by atoms with van der Waals surface area (Å²) in [6.07, 6.45) is 1.64. The Balaban J connectivity index is 2.13. The van der Waals surface area contributed by atoms with E-state index in [2.05, 4.69) is 10.1 Å². The molecule has 9 nitrogen and oxygen atoms in total. The number of hydrogen-bond acceptors (Lipinski definition) is 8. The van der Waals surface area contributed by atoms with Crippen molar-refractivity contribution in [2.75, 3.05) is 34.5 Å². The number of phenols is 1. The lowest BCUT2D eigenvalue weighted by molar-refractivity contribution is 0.0998. The van der Waals surface area contributed by atoms with Crippen LogP contribution in [0.25, 0.3) is 11.3 Å². The Hall–Kier alpha value is -3.63. The normalized spacial score (nSPS) is 11.8. The molecule has 3 N–H and O–H groups in total. The molecule has 3 rings (SSSR count). The number of hydrogen-bond donors (Lipinski definition) is 2. The highest BCUT2D eigenvalue weighted by Crippen LogP contribution is 2.30. The Labute approximate surface area is 189 Å². The number of thiazole rings is 1. The SMILES string of the molecule is COCCN=c1scc(-c2ccc(O)c(C(N)=O)c2)n1N=Cc1cccc(OC)c1OC.